The molecule has 6 rings (SSSR count). The summed E-state index contributed by atoms with van der Waals surface area (Å²) in [4.78, 5) is 69.7. The fraction of sp³-hybridized carbons (Fsp3) is 0.568. The highest BCUT2D eigenvalue weighted by atomic mass is 16.6. The van der Waals surface area contributed by atoms with E-state index in [1.807, 2.05) is 6.92 Å². The topological polar surface area (TPSA) is 202 Å². The summed E-state index contributed by atoms with van der Waals surface area (Å²) in [5.41, 5.74) is -5.78. The Balaban J connectivity index is 1.52. The van der Waals surface area contributed by atoms with Crippen molar-refractivity contribution in [3.05, 3.63) is 82.9 Å². The van der Waals surface area contributed by atoms with E-state index < -0.39 is 107 Å². The summed E-state index contributed by atoms with van der Waals surface area (Å²) >= 11 is 0. The summed E-state index contributed by atoms with van der Waals surface area (Å²) < 4.78 is 42.1. The van der Waals surface area contributed by atoms with E-state index in [1.54, 1.807) is 88.4 Å². The number of fused-ring (bicyclic) bond motifs is 5. The van der Waals surface area contributed by atoms with Gasteiger partial charge in [-0.15, -0.1) is 0 Å². The molecule has 1 saturated heterocycles. The van der Waals surface area contributed by atoms with E-state index in [9.17, 15) is 29.4 Å². The van der Waals surface area contributed by atoms with Gasteiger partial charge in [-0.1, -0.05) is 69.3 Å². The minimum atomic E-state index is -2.21. The third-order valence-corrected chi connectivity index (χ3v) is 13.1. The zero-order valence-corrected chi connectivity index (χ0v) is 34.7. The van der Waals surface area contributed by atoms with Crippen LogP contribution in [0.2, 0.25) is 0 Å². The molecule has 11 atom stereocenters. The van der Waals surface area contributed by atoms with E-state index in [2.05, 4.69) is 5.32 Å². The zero-order chi connectivity index (χ0) is 43.1. The SMILES string of the molecule is CCCOC(=O)N[C@@H](c1ccccc1)[C@@H](O)C(=O)O[C@H]1C[C@@]2(O)[C@@H](OC(=O)c3ccccc3)C3[C@](C)(C(=O)[C@H](OC)C(=C1C)C2(C)C)[C@@H](OC)C[C@H]1OC[C@@]31OC(C)=O. The van der Waals surface area contributed by atoms with Crippen molar-refractivity contribution in [2.75, 3.05) is 27.4 Å². The number of methoxy groups -OCH3 is 2. The lowest BCUT2D eigenvalue weighted by Crippen LogP contribution is -2.82. The maximum atomic E-state index is 15.5. The van der Waals surface area contributed by atoms with Crippen LogP contribution in [0.5, 0.6) is 0 Å². The highest BCUT2D eigenvalue weighted by molar-refractivity contribution is 5.94. The molecule has 2 saturated carbocycles. The molecule has 2 aromatic rings. The first kappa shape index (κ1) is 43.9. The van der Waals surface area contributed by atoms with Gasteiger partial charge in [-0.05, 0) is 49.1 Å². The predicted molar refractivity (Wildman–Crippen MR) is 209 cm³/mol. The summed E-state index contributed by atoms with van der Waals surface area (Å²) in [5.74, 6) is -4.50. The van der Waals surface area contributed by atoms with Crippen molar-refractivity contribution in [1.82, 2.24) is 5.32 Å². The third-order valence-electron chi connectivity index (χ3n) is 13.1. The zero-order valence-electron chi connectivity index (χ0n) is 34.7. The molecule has 3 aliphatic carbocycles. The van der Waals surface area contributed by atoms with Crippen LogP contribution in [0.15, 0.2) is 71.8 Å². The number of alkyl carbamates (subject to hydrolysis) is 1. The molecule has 2 aromatic carbocycles. The highest BCUT2D eigenvalue weighted by Crippen LogP contribution is 2.64. The van der Waals surface area contributed by atoms with E-state index in [1.165, 1.54) is 21.1 Å². The van der Waals surface area contributed by atoms with Crippen LogP contribution in [0.1, 0.15) is 82.8 Å². The molecule has 1 aliphatic heterocycles. The van der Waals surface area contributed by atoms with Gasteiger partial charge in [0.2, 0.25) is 0 Å². The molecule has 3 fully saturated rings. The van der Waals surface area contributed by atoms with Crippen molar-refractivity contribution in [2.24, 2.45) is 16.7 Å². The van der Waals surface area contributed by atoms with Gasteiger partial charge in [0, 0.05) is 39.4 Å². The number of Topliss-reactive ketones (excluding diaryl/α,β-unsaturated/α-hetero) is 1. The molecule has 4 aliphatic rings. The first-order valence-electron chi connectivity index (χ1n) is 19.9. The average Bonchev–Trinajstić information content (AvgIpc) is 3.20. The fourth-order valence-electron chi connectivity index (χ4n) is 10.00. The van der Waals surface area contributed by atoms with Gasteiger partial charge < -0.3 is 48.7 Å². The Morgan fingerprint density at radius 1 is 0.966 bits per heavy atom. The second-order valence-electron chi connectivity index (χ2n) is 16.6. The number of carbonyl (C=O) groups is 5. The Morgan fingerprint density at radius 2 is 1.61 bits per heavy atom. The highest BCUT2D eigenvalue weighted by Gasteiger charge is 2.78. The number of benzene rings is 2. The van der Waals surface area contributed by atoms with Crippen molar-refractivity contribution >= 4 is 29.8 Å². The molecule has 3 N–H and O–H groups in total. The number of carbonyl (C=O) groups excluding carboxylic acids is 5. The number of esters is 3. The van der Waals surface area contributed by atoms with Gasteiger partial charge >= 0.3 is 24.0 Å². The van der Waals surface area contributed by atoms with E-state index in [-0.39, 0.29) is 30.8 Å². The number of ether oxygens (including phenoxy) is 7. The number of nitrogens with one attached hydrogen (secondary N) is 1. The van der Waals surface area contributed by atoms with Crippen molar-refractivity contribution in [2.45, 2.75) is 115 Å². The number of hydrogen-bond donors (Lipinski definition) is 3. The Bertz CT molecular complexity index is 1950. The van der Waals surface area contributed by atoms with Crippen LogP contribution in [-0.4, -0.2) is 115 Å². The number of aliphatic hydroxyl groups excluding tert-OH is 1. The van der Waals surface area contributed by atoms with Gasteiger partial charge in [-0.2, -0.15) is 0 Å². The molecule has 15 heteroatoms. The van der Waals surface area contributed by atoms with Crippen LogP contribution >= 0.6 is 0 Å². The van der Waals surface area contributed by atoms with Crippen molar-refractivity contribution < 1.29 is 67.3 Å². The molecule has 320 valence electrons. The molecule has 0 spiro atoms. The molecular weight excluding hydrogens is 766 g/mol. The lowest BCUT2D eigenvalue weighted by Gasteiger charge is -2.67. The van der Waals surface area contributed by atoms with Gasteiger partial charge in [0.25, 0.3) is 0 Å². The minimum absolute atomic E-state index is 0.100. The number of rotatable bonds is 12. The molecule has 0 aromatic heterocycles. The Labute approximate surface area is 343 Å². The second-order valence-corrected chi connectivity index (χ2v) is 16.6. The summed E-state index contributed by atoms with van der Waals surface area (Å²) in [6.07, 6.45) is -8.68. The molecule has 15 nitrogen and oxygen atoms in total. The number of hydrogen-bond acceptors (Lipinski definition) is 14. The standard InChI is InChI=1S/C44H55NO14/c1-9-20-55-40(51)45-32(26-16-12-10-13-17-26)33(47)39(50)57-28-22-44(52)37(58-38(49)27-18-14-11-15-19-27)35-42(6,36(48)34(54-8)31(24(28)2)41(44,4)5)29(53-7)21-30-43(35,23-56-30)59-25(3)46/h10-19,28-30,32-35,37,47,52H,9,20-23H2,1-8H3,(H,45,51)/t28-,29-,30+,32-,33+,34+,35?,37-,42+,43-,44+/m0/s1. The second kappa shape index (κ2) is 16.8. The third kappa shape index (κ3) is 7.34. The maximum Gasteiger partial charge on any atom is 0.407 e. The van der Waals surface area contributed by atoms with E-state index in [0.717, 1.165) is 0 Å². The van der Waals surface area contributed by atoms with Crippen LogP contribution in [0.4, 0.5) is 4.79 Å². The van der Waals surface area contributed by atoms with Crippen LogP contribution in [0, 0.1) is 16.7 Å². The summed E-state index contributed by atoms with van der Waals surface area (Å²) in [7, 11) is 2.79. The van der Waals surface area contributed by atoms with Crippen LogP contribution < -0.4 is 5.32 Å². The molecule has 1 heterocycles. The normalized spacial score (nSPS) is 33.0. The van der Waals surface area contributed by atoms with Gasteiger partial charge in [0.1, 0.15) is 30.0 Å². The average molecular weight is 822 g/mol. The Hall–Kier alpha value is -4.67. The quantitative estimate of drug-likeness (QED) is 0.156. The Kier molecular flexibility index (Phi) is 12.5. The monoisotopic (exact) mass is 821 g/mol. The van der Waals surface area contributed by atoms with Crippen molar-refractivity contribution in [3.8, 4) is 0 Å². The van der Waals surface area contributed by atoms with Crippen LogP contribution in [-0.2, 0) is 47.5 Å². The number of aliphatic hydroxyl groups is 2. The minimum Gasteiger partial charge on any atom is -0.456 e. The van der Waals surface area contributed by atoms with E-state index >= 15 is 4.79 Å². The van der Waals surface area contributed by atoms with Crippen LogP contribution in [0.25, 0.3) is 0 Å². The summed E-state index contributed by atoms with van der Waals surface area (Å²) in [6, 6.07) is 15.1. The number of ketones is 1. The first-order valence-corrected chi connectivity index (χ1v) is 19.9. The van der Waals surface area contributed by atoms with Crippen molar-refractivity contribution in [3.63, 3.8) is 0 Å². The van der Waals surface area contributed by atoms with E-state index in [0.29, 0.717) is 17.6 Å². The first-order chi connectivity index (χ1) is 27.9. The van der Waals surface area contributed by atoms with E-state index in [4.69, 9.17) is 33.2 Å². The fourth-order valence-corrected chi connectivity index (χ4v) is 10.00. The maximum absolute atomic E-state index is 15.5. The van der Waals surface area contributed by atoms with Gasteiger partial charge in [0.15, 0.2) is 17.5 Å². The lowest BCUT2D eigenvalue weighted by molar-refractivity contribution is -0.347. The summed E-state index contributed by atoms with van der Waals surface area (Å²) in [6.45, 7) is 9.62. The molecule has 1 amide bonds. The van der Waals surface area contributed by atoms with Gasteiger partial charge in [-0.25, -0.2) is 14.4 Å². The molecule has 2 bridgehead atoms. The molecular formula is C44H55NO14. The van der Waals surface area contributed by atoms with Gasteiger partial charge in [-0.3, -0.25) is 9.59 Å². The van der Waals surface area contributed by atoms with Gasteiger partial charge in [0.05, 0.1) is 42.3 Å². The smallest absolute Gasteiger partial charge is 0.407 e. The lowest BCUT2D eigenvalue weighted by atomic mass is 9.44. The molecule has 1 unspecified atom stereocenters. The molecule has 59 heavy (non-hydrogen) atoms. The largest absolute Gasteiger partial charge is 0.456 e. The Morgan fingerprint density at radius 3 is 2.17 bits per heavy atom. The van der Waals surface area contributed by atoms with Crippen molar-refractivity contribution in [1.29, 1.82) is 0 Å². The predicted octanol–water partition coefficient (Wildman–Crippen LogP) is 4.18. The number of amides is 1. The summed E-state index contributed by atoms with van der Waals surface area (Å²) in [5, 5.41) is 27.9. The molecule has 0 radical (unpaired) electrons. The van der Waals surface area contributed by atoms with Crippen LogP contribution in [0.3, 0.4) is 0 Å².